The molecule has 0 aromatic heterocycles. The van der Waals surface area contributed by atoms with Crippen molar-refractivity contribution in [3.63, 3.8) is 0 Å². The van der Waals surface area contributed by atoms with Crippen molar-refractivity contribution in [2.45, 2.75) is 0 Å². The van der Waals surface area contributed by atoms with Gasteiger partial charge in [-0.15, -0.1) is 0 Å². The molecule has 0 aromatic carbocycles. The maximum Gasteiger partial charge on any atom is -0.258 e. The van der Waals surface area contributed by atoms with Crippen LogP contribution < -0.4 is 0 Å². The second-order valence-corrected chi connectivity index (χ2v) is 26.9. The number of rotatable bonds is 0. The molecule has 0 heterocycles. The Kier molecular flexibility index (Phi) is 6.49. The molecule has 0 aromatic rings. The topological polar surface area (TPSA) is 22.3 Å². The first-order valence-corrected chi connectivity index (χ1v) is 12.4. The van der Waals surface area contributed by atoms with Gasteiger partial charge >= 0.3 is 57.1 Å². The van der Waals surface area contributed by atoms with Crippen molar-refractivity contribution in [1.82, 2.24) is 0 Å². The van der Waals surface area contributed by atoms with E-state index in [9.17, 15) is 0 Å². The Labute approximate surface area is 73.5 Å². The van der Waals surface area contributed by atoms with Crippen LogP contribution in [0.3, 0.4) is 0 Å². The summed E-state index contributed by atoms with van der Waals surface area (Å²) < 4.78 is 6.58. The smallest absolute Gasteiger partial charge is 0.258 e. The van der Waals surface area contributed by atoms with E-state index < -0.39 is 8.65 Å². The minimum Gasteiger partial charge on any atom is -0.742 e. The van der Waals surface area contributed by atoms with Crippen LogP contribution in [0.5, 0.6) is 0 Å². The van der Waals surface area contributed by atoms with Crippen LogP contribution in [0.1, 0.15) is 0 Å². The van der Waals surface area contributed by atoms with Gasteiger partial charge in [-0.3, -0.25) is 12.4 Å². The summed E-state index contributed by atoms with van der Waals surface area (Å²) in [6.07, 6.45) is 0. The van der Waals surface area contributed by atoms with E-state index in [1.807, 2.05) is 0 Å². The predicted molar refractivity (Wildman–Crippen MR) is 40.0 cm³/mol. The van der Waals surface area contributed by atoms with Gasteiger partial charge in [0.1, 0.15) is 0 Å². The standard InChI is InChI=1S/5ClH.NS.Ru/c;;;;;1-2;/h5*1H;;/q;;;;;-1;+5/p-5. The first-order valence-electron chi connectivity index (χ1n) is 0.851. The molecule has 0 N–H and O–H groups in total. The maximum absolute atomic E-state index is 6.58. The summed E-state index contributed by atoms with van der Waals surface area (Å²) in [6, 6.07) is 0. The van der Waals surface area contributed by atoms with Crippen molar-refractivity contribution in [2.75, 3.05) is 0 Å². The molecule has 0 atom stereocenters. The van der Waals surface area contributed by atoms with Crippen LogP contribution in [0, 0.1) is 0 Å². The van der Waals surface area contributed by atoms with Crippen LogP contribution in [0.2, 0.25) is 0 Å². The largest absolute Gasteiger partial charge is 0.742 e. The maximum atomic E-state index is 6.58. The van der Waals surface area contributed by atoms with Gasteiger partial charge in [-0.05, 0) is 0 Å². The monoisotopic (exact) mass is 323 g/mol. The Morgan fingerprint density at radius 2 is 0.875 bits per heavy atom. The van der Waals surface area contributed by atoms with E-state index >= 15 is 0 Å². The van der Waals surface area contributed by atoms with Crippen LogP contribution in [0.25, 0.3) is 4.78 Å². The summed E-state index contributed by atoms with van der Waals surface area (Å²) in [5.74, 6) is 0. The van der Waals surface area contributed by atoms with Gasteiger partial charge in [0.25, 0.3) is 0 Å². The van der Waals surface area contributed by atoms with Crippen LogP contribution in [-0.4, -0.2) is 0 Å². The fourth-order valence-corrected chi connectivity index (χ4v) is 0. The summed E-state index contributed by atoms with van der Waals surface area (Å²) in [4.78, 5) is 0. The van der Waals surface area contributed by atoms with E-state index in [1.54, 1.807) is 0 Å². The molecular weight excluding hydrogens is 324 g/mol. The normalized spacial score (nSPS) is 14.9. The quantitative estimate of drug-likeness (QED) is 0.622. The molecule has 0 aliphatic heterocycles. The number of halogens is 5. The molecule has 0 aliphatic rings. The molecule has 1 nitrogen and oxygen atoms in total. The fourth-order valence-electron chi connectivity index (χ4n) is 0. The summed E-state index contributed by atoms with van der Waals surface area (Å²) in [5.41, 5.74) is 0. The third kappa shape index (κ3) is 92.9. The molecule has 0 saturated carbocycles. The van der Waals surface area contributed by atoms with Crippen molar-refractivity contribution in [3.05, 3.63) is 4.78 Å². The molecule has 0 unspecified atom stereocenters. The van der Waals surface area contributed by atoms with E-state index in [-0.39, 0.29) is 0 Å². The summed E-state index contributed by atoms with van der Waals surface area (Å²) >= 11 is 3.08. The second-order valence-electron chi connectivity index (χ2n) is 0.505. The predicted octanol–water partition coefficient (Wildman–Crippen LogP) is 3.73. The van der Waals surface area contributed by atoms with Gasteiger partial charge in [-0.25, -0.2) is 0 Å². The fraction of sp³-hybridized carbons (Fsp3) is 0. The third-order valence-electron chi connectivity index (χ3n) is 0. The average Bonchev–Trinajstić information content (AvgIpc) is 1.33. The summed E-state index contributed by atoms with van der Waals surface area (Å²) in [6.45, 7) is 0. The molecule has 8 heteroatoms. The van der Waals surface area contributed by atoms with Gasteiger partial charge in [0.15, 0.2) is 0 Å². The molecular formula is Cl5NRuS-. The number of nitrogens with zero attached hydrogens (tertiary/aromatic N) is 1. The van der Waals surface area contributed by atoms with Gasteiger partial charge in [-0.1, -0.05) is 0 Å². The van der Waals surface area contributed by atoms with Crippen molar-refractivity contribution in [3.8, 4) is 0 Å². The zero-order chi connectivity index (χ0) is 7.45. The molecule has 0 rings (SSSR count). The van der Waals surface area contributed by atoms with Crippen molar-refractivity contribution in [1.29, 1.82) is 0 Å². The van der Waals surface area contributed by atoms with Gasteiger partial charge in [0.2, 0.25) is 0 Å². The van der Waals surface area contributed by atoms with E-state index in [0.29, 0.717) is 0 Å². The Balaban J connectivity index is 0. The van der Waals surface area contributed by atoms with E-state index in [4.69, 9.17) is 53.2 Å². The van der Waals surface area contributed by atoms with Crippen LogP contribution in [-0.2, 0) is 21.1 Å². The van der Waals surface area contributed by atoms with Crippen LogP contribution >= 0.6 is 48.5 Å². The Morgan fingerprint density at radius 1 is 0.875 bits per heavy atom. The molecule has 0 spiro atoms. The second kappa shape index (κ2) is 4.07. The first kappa shape index (κ1) is 12.7. The molecule has 8 heavy (non-hydrogen) atoms. The van der Waals surface area contributed by atoms with Crippen LogP contribution in [0.15, 0.2) is 0 Å². The van der Waals surface area contributed by atoms with Gasteiger partial charge in [0.05, 0.1) is 0 Å². The Hall–Kier alpha value is 2.09. The zero-order valence-corrected chi connectivity index (χ0v) is 9.43. The molecule has 0 fully saturated rings. The molecule has 0 bridgehead atoms. The van der Waals surface area contributed by atoms with Crippen molar-refractivity contribution >= 4 is 60.9 Å². The van der Waals surface area contributed by atoms with Gasteiger partial charge in [-0.2, -0.15) is 0 Å². The molecule has 0 saturated heterocycles. The number of hydrogen-bond acceptors (Lipinski definition) is 1. The third-order valence-corrected chi connectivity index (χ3v) is 0. The first-order chi connectivity index (χ1) is 3.24. The SMILES string of the molecule is [Cl][Ru]([Cl])([Cl])([Cl])[Cl].[N-]=S. The van der Waals surface area contributed by atoms with E-state index in [0.717, 1.165) is 0 Å². The minimum atomic E-state index is -4.11. The average molecular weight is 324 g/mol. The number of hydrogen-bond donors (Lipinski definition) is 0. The van der Waals surface area contributed by atoms with Gasteiger partial charge in [0, 0.05) is 0 Å². The van der Waals surface area contributed by atoms with Crippen molar-refractivity contribution < 1.29 is 8.65 Å². The molecule has 0 aliphatic carbocycles. The molecule has 0 radical (unpaired) electrons. The zero-order valence-electron chi connectivity index (χ0n) is 3.10. The Bertz CT molecular complexity index is 55.3. The molecule has 55 valence electrons. The van der Waals surface area contributed by atoms with Crippen molar-refractivity contribution in [2.24, 2.45) is 0 Å². The minimum absolute atomic E-state index is 3.08. The Morgan fingerprint density at radius 3 is 0.875 bits per heavy atom. The summed E-state index contributed by atoms with van der Waals surface area (Å²) in [5, 5.41) is 0. The van der Waals surface area contributed by atoms with E-state index in [1.165, 1.54) is 0 Å². The van der Waals surface area contributed by atoms with Gasteiger partial charge < -0.3 is 4.78 Å². The molecule has 0 amide bonds. The van der Waals surface area contributed by atoms with E-state index in [2.05, 4.69) is 12.4 Å². The van der Waals surface area contributed by atoms with Crippen LogP contribution in [0.4, 0.5) is 0 Å². The summed E-state index contributed by atoms with van der Waals surface area (Å²) in [7, 11) is 21.0.